The van der Waals surface area contributed by atoms with Crippen LogP contribution in [0, 0.1) is 9.39 Å². The largest absolute Gasteiger partial charge is 0.366 e. The number of rotatable bonds is 0. The van der Waals surface area contributed by atoms with E-state index >= 15 is 0 Å². The van der Waals surface area contributed by atoms with Crippen molar-refractivity contribution in [2.24, 2.45) is 0 Å². The zero-order valence-electron chi connectivity index (χ0n) is 7.53. The molecule has 1 nitrogen and oxygen atoms in total. The third-order valence-corrected chi connectivity index (χ3v) is 3.21. The molecule has 0 saturated heterocycles. The summed E-state index contributed by atoms with van der Waals surface area (Å²) in [6, 6.07) is 3.45. The van der Waals surface area contributed by atoms with E-state index in [0.717, 1.165) is 11.1 Å². The molecule has 1 aromatic carbocycles. The molecule has 0 aromatic heterocycles. The smallest absolute Gasteiger partial charge is 0.136 e. The Hall–Kier alpha value is -0.160. The van der Waals surface area contributed by atoms with Crippen molar-refractivity contribution < 1.29 is 9.13 Å². The molecule has 0 unspecified atom stereocenters. The van der Waals surface area contributed by atoms with E-state index in [0.29, 0.717) is 10.2 Å². The Bertz CT molecular complexity index is 360. The average molecular weight is 292 g/mol. The second kappa shape index (κ2) is 2.92. The van der Waals surface area contributed by atoms with E-state index < -0.39 is 0 Å². The van der Waals surface area contributed by atoms with E-state index in [1.807, 2.05) is 42.5 Å². The predicted octanol–water partition coefficient (Wildman–Crippen LogP) is 3.20. The van der Waals surface area contributed by atoms with Crippen molar-refractivity contribution in [1.82, 2.24) is 0 Å². The molecular weight excluding hydrogens is 282 g/mol. The number of hydrogen-bond donors (Lipinski definition) is 0. The fraction of sp³-hybridized carbons (Fsp3) is 0.400. The maximum atomic E-state index is 13.3. The molecule has 1 aliphatic rings. The maximum Gasteiger partial charge on any atom is 0.136 e. The Kier molecular flexibility index (Phi) is 2.11. The standard InChI is InChI=1S/C10H10FIO/c1-10(2)7-4-8(11)9(12)3-6(7)5-13-10/h3-4H,5H2,1-2H3. The SMILES string of the molecule is CC1(C)OCc2cc(I)c(F)cc21. The fourth-order valence-corrected chi connectivity index (χ4v) is 2.14. The van der Waals surface area contributed by atoms with Gasteiger partial charge in [0.15, 0.2) is 0 Å². The normalized spacial score (nSPS) is 18.8. The predicted molar refractivity (Wildman–Crippen MR) is 56.9 cm³/mol. The van der Waals surface area contributed by atoms with Crippen LogP contribution < -0.4 is 0 Å². The molecular formula is C10H10FIO. The molecule has 0 N–H and O–H groups in total. The van der Waals surface area contributed by atoms with Crippen LogP contribution in [-0.2, 0) is 16.9 Å². The molecule has 0 amide bonds. The van der Waals surface area contributed by atoms with Crippen LogP contribution in [0.15, 0.2) is 12.1 Å². The lowest BCUT2D eigenvalue weighted by atomic mass is 9.96. The van der Waals surface area contributed by atoms with Crippen LogP contribution in [0.3, 0.4) is 0 Å². The topological polar surface area (TPSA) is 9.23 Å². The van der Waals surface area contributed by atoms with Crippen molar-refractivity contribution in [1.29, 1.82) is 0 Å². The van der Waals surface area contributed by atoms with Gasteiger partial charge in [-0.3, -0.25) is 0 Å². The van der Waals surface area contributed by atoms with Gasteiger partial charge in [-0.1, -0.05) is 0 Å². The first-order chi connectivity index (χ1) is 6.00. The number of hydrogen-bond acceptors (Lipinski definition) is 1. The minimum atomic E-state index is -0.333. The van der Waals surface area contributed by atoms with E-state index in [9.17, 15) is 4.39 Å². The van der Waals surface area contributed by atoms with Crippen LogP contribution in [0.4, 0.5) is 4.39 Å². The molecule has 70 valence electrons. The zero-order chi connectivity index (χ0) is 9.64. The van der Waals surface area contributed by atoms with Crippen molar-refractivity contribution in [3.05, 3.63) is 32.6 Å². The molecule has 1 aliphatic heterocycles. The summed E-state index contributed by atoms with van der Waals surface area (Å²) < 4.78 is 19.5. The summed E-state index contributed by atoms with van der Waals surface area (Å²) in [5, 5.41) is 0. The van der Waals surface area contributed by atoms with Crippen molar-refractivity contribution in [3.63, 3.8) is 0 Å². The molecule has 1 aromatic rings. The van der Waals surface area contributed by atoms with Crippen molar-refractivity contribution in [2.45, 2.75) is 26.1 Å². The molecule has 1 heterocycles. The molecule has 0 fully saturated rings. The van der Waals surface area contributed by atoms with Gasteiger partial charge in [0, 0.05) is 3.57 Å². The number of benzene rings is 1. The molecule has 0 saturated carbocycles. The van der Waals surface area contributed by atoms with Crippen LogP contribution >= 0.6 is 22.6 Å². The minimum absolute atomic E-state index is 0.155. The van der Waals surface area contributed by atoms with E-state index in [1.165, 1.54) is 0 Å². The minimum Gasteiger partial charge on any atom is -0.366 e. The lowest BCUT2D eigenvalue weighted by molar-refractivity contribution is -0.00798. The van der Waals surface area contributed by atoms with Gasteiger partial charge in [0.25, 0.3) is 0 Å². The summed E-state index contributed by atoms with van der Waals surface area (Å²) in [6.45, 7) is 4.52. The first-order valence-corrected chi connectivity index (χ1v) is 5.21. The molecule has 13 heavy (non-hydrogen) atoms. The van der Waals surface area contributed by atoms with E-state index in [1.54, 1.807) is 6.07 Å². The maximum absolute atomic E-state index is 13.3. The van der Waals surface area contributed by atoms with Crippen LogP contribution in [0.2, 0.25) is 0 Å². The lowest BCUT2D eigenvalue weighted by Crippen LogP contribution is -2.14. The fourth-order valence-electron chi connectivity index (χ4n) is 1.60. The Balaban J connectivity index is 2.61. The van der Waals surface area contributed by atoms with Gasteiger partial charge < -0.3 is 4.74 Å². The van der Waals surface area contributed by atoms with Crippen molar-refractivity contribution in [2.75, 3.05) is 0 Å². The molecule has 0 spiro atoms. The van der Waals surface area contributed by atoms with Crippen LogP contribution in [0.5, 0.6) is 0 Å². The second-order valence-electron chi connectivity index (χ2n) is 3.72. The summed E-state index contributed by atoms with van der Waals surface area (Å²) in [5.74, 6) is -0.155. The van der Waals surface area contributed by atoms with Crippen LogP contribution in [-0.4, -0.2) is 0 Å². The van der Waals surface area contributed by atoms with Gasteiger partial charge in [0.2, 0.25) is 0 Å². The summed E-state index contributed by atoms with van der Waals surface area (Å²) in [6.07, 6.45) is 0. The Morgan fingerprint density at radius 1 is 1.46 bits per heavy atom. The first kappa shape index (κ1) is 9.40. The highest BCUT2D eigenvalue weighted by Crippen LogP contribution is 2.37. The van der Waals surface area contributed by atoms with Gasteiger partial charge in [-0.15, -0.1) is 0 Å². The summed E-state index contributed by atoms with van der Waals surface area (Å²) in [7, 11) is 0. The number of fused-ring (bicyclic) bond motifs is 1. The highest BCUT2D eigenvalue weighted by atomic mass is 127. The highest BCUT2D eigenvalue weighted by molar-refractivity contribution is 14.1. The summed E-state index contributed by atoms with van der Waals surface area (Å²) in [4.78, 5) is 0. The van der Waals surface area contributed by atoms with E-state index in [4.69, 9.17) is 4.74 Å². The van der Waals surface area contributed by atoms with E-state index in [2.05, 4.69) is 0 Å². The van der Waals surface area contributed by atoms with Gasteiger partial charge in [-0.2, -0.15) is 0 Å². The van der Waals surface area contributed by atoms with E-state index in [-0.39, 0.29) is 11.4 Å². The third kappa shape index (κ3) is 1.48. The first-order valence-electron chi connectivity index (χ1n) is 4.13. The average Bonchev–Trinajstić information content (AvgIpc) is 2.31. The lowest BCUT2D eigenvalue weighted by Gasteiger charge is -2.18. The quantitative estimate of drug-likeness (QED) is 0.667. The van der Waals surface area contributed by atoms with Crippen molar-refractivity contribution in [3.8, 4) is 0 Å². The van der Waals surface area contributed by atoms with Gasteiger partial charge in [-0.05, 0) is 59.7 Å². The zero-order valence-corrected chi connectivity index (χ0v) is 9.68. The number of ether oxygens (including phenoxy) is 1. The molecule has 0 radical (unpaired) electrons. The molecule has 0 bridgehead atoms. The molecule has 2 rings (SSSR count). The Morgan fingerprint density at radius 2 is 2.15 bits per heavy atom. The summed E-state index contributed by atoms with van der Waals surface area (Å²) in [5.41, 5.74) is 1.75. The molecule has 3 heteroatoms. The molecule has 0 aliphatic carbocycles. The van der Waals surface area contributed by atoms with Gasteiger partial charge in [0.05, 0.1) is 12.2 Å². The van der Waals surface area contributed by atoms with Crippen LogP contribution in [0.25, 0.3) is 0 Å². The molecule has 0 atom stereocenters. The second-order valence-corrected chi connectivity index (χ2v) is 4.88. The van der Waals surface area contributed by atoms with Crippen LogP contribution in [0.1, 0.15) is 25.0 Å². The monoisotopic (exact) mass is 292 g/mol. The Labute approximate surface area is 90.4 Å². The van der Waals surface area contributed by atoms with Crippen molar-refractivity contribution >= 4 is 22.6 Å². The van der Waals surface area contributed by atoms with Gasteiger partial charge in [-0.25, -0.2) is 4.39 Å². The third-order valence-electron chi connectivity index (χ3n) is 2.38. The number of halogens is 2. The Morgan fingerprint density at radius 3 is 2.85 bits per heavy atom. The van der Waals surface area contributed by atoms with Gasteiger partial charge in [0.1, 0.15) is 5.82 Å². The highest BCUT2D eigenvalue weighted by Gasteiger charge is 2.31. The summed E-state index contributed by atoms with van der Waals surface area (Å²) >= 11 is 2.00. The van der Waals surface area contributed by atoms with Gasteiger partial charge >= 0.3 is 0 Å².